The Kier molecular flexibility index (Phi) is 5.42. The summed E-state index contributed by atoms with van der Waals surface area (Å²) >= 11 is 0. The minimum absolute atomic E-state index is 0.509. The number of pyridine rings is 1. The van der Waals surface area contributed by atoms with Crippen LogP contribution in [0.4, 0.5) is 0 Å². The van der Waals surface area contributed by atoms with Gasteiger partial charge in [-0.1, -0.05) is 18.9 Å². The Bertz CT molecular complexity index is 334. The van der Waals surface area contributed by atoms with Crippen molar-refractivity contribution in [1.29, 1.82) is 0 Å². The van der Waals surface area contributed by atoms with E-state index in [0.717, 1.165) is 25.3 Å². The molecule has 0 amide bonds. The summed E-state index contributed by atoms with van der Waals surface area (Å²) in [6, 6.07) is 3.91. The molecule has 0 saturated heterocycles. The van der Waals surface area contributed by atoms with Crippen molar-refractivity contribution in [3.63, 3.8) is 0 Å². The largest absolute Gasteiger partial charge is 0.481 e. The molecule has 1 aliphatic rings. The smallest absolute Gasteiger partial charge is 0.212 e. The topological polar surface area (TPSA) is 43.4 Å². The van der Waals surface area contributed by atoms with Gasteiger partial charge in [0.1, 0.15) is 0 Å². The van der Waals surface area contributed by atoms with Crippen LogP contribution in [0, 0.1) is 0 Å². The molecule has 0 spiro atoms. The molecule has 100 valence electrons. The maximum atomic E-state index is 5.78. The average molecular weight is 250 g/mol. The van der Waals surface area contributed by atoms with Crippen LogP contribution in [0.15, 0.2) is 18.3 Å². The van der Waals surface area contributed by atoms with Crippen LogP contribution < -0.4 is 10.1 Å². The lowest BCUT2D eigenvalue weighted by Crippen LogP contribution is -2.21. The summed E-state index contributed by atoms with van der Waals surface area (Å²) < 4.78 is 10.8. The van der Waals surface area contributed by atoms with Crippen molar-refractivity contribution in [2.24, 2.45) is 0 Å². The highest BCUT2D eigenvalue weighted by Crippen LogP contribution is 2.20. The van der Waals surface area contributed by atoms with Gasteiger partial charge < -0.3 is 14.8 Å². The fraction of sp³-hybridized carbons (Fsp3) is 0.643. The van der Waals surface area contributed by atoms with Crippen LogP contribution in [-0.4, -0.2) is 31.3 Å². The Balaban J connectivity index is 1.56. The van der Waals surface area contributed by atoms with Gasteiger partial charge in [0.2, 0.25) is 5.88 Å². The summed E-state index contributed by atoms with van der Waals surface area (Å²) in [5.74, 6) is 0.656. The predicted octanol–water partition coefficient (Wildman–Crippen LogP) is 2.14. The molecule has 0 aromatic carbocycles. The molecule has 1 N–H and O–H groups in total. The van der Waals surface area contributed by atoms with Crippen LogP contribution in [0.3, 0.4) is 0 Å². The zero-order valence-corrected chi connectivity index (χ0v) is 11.0. The summed E-state index contributed by atoms with van der Waals surface area (Å²) in [6.45, 7) is 2.52. The molecule has 1 aromatic heterocycles. The number of nitrogens with zero attached hydrogens (tertiary/aromatic N) is 1. The molecular weight excluding hydrogens is 228 g/mol. The first-order valence-electron chi connectivity index (χ1n) is 6.70. The molecule has 18 heavy (non-hydrogen) atoms. The summed E-state index contributed by atoms with van der Waals surface area (Å²) in [6.07, 6.45) is 7.48. The van der Waals surface area contributed by atoms with Gasteiger partial charge in [0.25, 0.3) is 0 Å². The van der Waals surface area contributed by atoms with Crippen LogP contribution in [-0.2, 0) is 11.3 Å². The highest BCUT2D eigenvalue weighted by Gasteiger charge is 2.14. The van der Waals surface area contributed by atoms with Gasteiger partial charge >= 0.3 is 0 Å². The van der Waals surface area contributed by atoms with E-state index in [1.54, 1.807) is 7.11 Å². The van der Waals surface area contributed by atoms with E-state index < -0.39 is 0 Å². The highest BCUT2D eigenvalue weighted by molar-refractivity contribution is 5.17. The second-order valence-corrected chi connectivity index (χ2v) is 4.66. The number of ether oxygens (including phenoxy) is 2. The van der Waals surface area contributed by atoms with Crippen molar-refractivity contribution in [3.8, 4) is 5.88 Å². The molecule has 0 radical (unpaired) electrons. The number of nitrogens with one attached hydrogen (secondary N) is 1. The first kappa shape index (κ1) is 13.3. The third-order valence-electron chi connectivity index (χ3n) is 3.27. The van der Waals surface area contributed by atoms with Gasteiger partial charge in [-0.05, 0) is 18.4 Å². The van der Waals surface area contributed by atoms with Crippen molar-refractivity contribution in [2.45, 2.75) is 38.3 Å². The molecular formula is C14H22N2O2. The standard InChI is InChI=1S/C14H22N2O2/c1-17-14-7-6-12(11-16-14)10-15-8-9-18-13-4-2-3-5-13/h6-7,11,13,15H,2-5,8-10H2,1H3. The molecule has 2 rings (SSSR count). The lowest BCUT2D eigenvalue weighted by Gasteiger charge is -2.11. The van der Waals surface area contributed by atoms with E-state index in [9.17, 15) is 0 Å². The molecule has 4 nitrogen and oxygen atoms in total. The van der Waals surface area contributed by atoms with Crippen molar-refractivity contribution in [3.05, 3.63) is 23.9 Å². The first-order chi connectivity index (χ1) is 8.88. The quantitative estimate of drug-likeness (QED) is 0.753. The first-order valence-corrected chi connectivity index (χ1v) is 6.70. The van der Waals surface area contributed by atoms with E-state index in [1.807, 2.05) is 18.3 Å². The zero-order valence-electron chi connectivity index (χ0n) is 11.0. The van der Waals surface area contributed by atoms with Gasteiger partial charge in [-0.3, -0.25) is 0 Å². The predicted molar refractivity (Wildman–Crippen MR) is 70.7 cm³/mol. The molecule has 0 unspecified atom stereocenters. The minimum atomic E-state index is 0.509. The van der Waals surface area contributed by atoms with Gasteiger partial charge in [-0.15, -0.1) is 0 Å². The molecule has 1 heterocycles. The maximum Gasteiger partial charge on any atom is 0.212 e. The van der Waals surface area contributed by atoms with E-state index in [0.29, 0.717) is 12.0 Å². The van der Waals surface area contributed by atoms with E-state index >= 15 is 0 Å². The van der Waals surface area contributed by atoms with Gasteiger partial charge in [-0.25, -0.2) is 4.98 Å². The Hall–Kier alpha value is -1.13. The van der Waals surface area contributed by atoms with Crippen LogP contribution in [0.25, 0.3) is 0 Å². The molecule has 1 aliphatic carbocycles. The van der Waals surface area contributed by atoms with Crippen LogP contribution in [0.1, 0.15) is 31.2 Å². The number of rotatable bonds is 7. The third-order valence-corrected chi connectivity index (χ3v) is 3.27. The number of methoxy groups -OCH3 is 1. The molecule has 0 aliphatic heterocycles. The minimum Gasteiger partial charge on any atom is -0.481 e. The third kappa shape index (κ3) is 4.27. The number of aromatic nitrogens is 1. The van der Waals surface area contributed by atoms with Gasteiger partial charge in [0.05, 0.1) is 19.8 Å². The maximum absolute atomic E-state index is 5.78. The number of hydrogen-bond donors (Lipinski definition) is 1. The lowest BCUT2D eigenvalue weighted by molar-refractivity contribution is 0.0602. The average Bonchev–Trinajstić information content (AvgIpc) is 2.92. The highest BCUT2D eigenvalue weighted by atomic mass is 16.5. The van der Waals surface area contributed by atoms with E-state index in [1.165, 1.54) is 25.7 Å². The second-order valence-electron chi connectivity index (χ2n) is 4.66. The lowest BCUT2D eigenvalue weighted by atomic mass is 10.3. The summed E-state index contributed by atoms with van der Waals surface area (Å²) in [4.78, 5) is 4.17. The van der Waals surface area contributed by atoms with Crippen molar-refractivity contribution in [1.82, 2.24) is 10.3 Å². The Morgan fingerprint density at radius 3 is 2.83 bits per heavy atom. The van der Waals surface area contributed by atoms with Crippen molar-refractivity contribution < 1.29 is 9.47 Å². The van der Waals surface area contributed by atoms with Crippen molar-refractivity contribution in [2.75, 3.05) is 20.3 Å². The monoisotopic (exact) mass is 250 g/mol. The molecule has 0 atom stereocenters. The van der Waals surface area contributed by atoms with Crippen LogP contribution in [0.5, 0.6) is 5.88 Å². The van der Waals surface area contributed by atoms with E-state index in [4.69, 9.17) is 9.47 Å². The van der Waals surface area contributed by atoms with E-state index in [-0.39, 0.29) is 0 Å². The Morgan fingerprint density at radius 1 is 1.33 bits per heavy atom. The van der Waals surface area contributed by atoms with Crippen LogP contribution in [0.2, 0.25) is 0 Å². The van der Waals surface area contributed by atoms with Gasteiger partial charge in [0.15, 0.2) is 0 Å². The molecule has 1 fully saturated rings. The van der Waals surface area contributed by atoms with Gasteiger partial charge in [0, 0.05) is 25.4 Å². The fourth-order valence-corrected chi connectivity index (χ4v) is 2.22. The molecule has 1 saturated carbocycles. The number of hydrogen-bond acceptors (Lipinski definition) is 4. The van der Waals surface area contributed by atoms with Crippen LogP contribution >= 0.6 is 0 Å². The normalized spacial score (nSPS) is 16.1. The molecule has 1 aromatic rings. The molecule has 0 bridgehead atoms. The summed E-state index contributed by atoms with van der Waals surface area (Å²) in [5, 5.41) is 3.36. The summed E-state index contributed by atoms with van der Waals surface area (Å²) in [7, 11) is 1.63. The SMILES string of the molecule is COc1ccc(CNCCOC2CCCC2)cn1. The van der Waals surface area contributed by atoms with E-state index in [2.05, 4.69) is 10.3 Å². The Labute approximate surface area is 109 Å². The summed E-state index contributed by atoms with van der Waals surface area (Å²) in [5.41, 5.74) is 1.16. The fourth-order valence-electron chi connectivity index (χ4n) is 2.22. The Morgan fingerprint density at radius 2 is 2.17 bits per heavy atom. The second kappa shape index (κ2) is 7.34. The zero-order chi connectivity index (χ0) is 12.6. The van der Waals surface area contributed by atoms with Crippen molar-refractivity contribution >= 4 is 0 Å². The van der Waals surface area contributed by atoms with Gasteiger partial charge in [-0.2, -0.15) is 0 Å². The molecule has 4 heteroatoms.